The van der Waals surface area contributed by atoms with Gasteiger partial charge < -0.3 is 11.1 Å². The molecular formula is C16H24BrClN2O. The Balaban J connectivity index is 0.00000220. The van der Waals surface area contributed by atoms with Crippen LogP contribution in [0.15, 0.2) is 28.7 Å². The Morgan fingerprint density at radius 1 is 1.43 bits per heavy atom. The van der Waals surface area contributed by atoms with Gasteiger partial charge in [0.2, 0.25) is 5.91 Å². The summed E-state index contributed by atoms with van der Waals surface area (Å²) in [5.41, 5.74) is 6.94. The van der Waals surface area contributed by atoms with Gasteiger partial charge in [-0.05, 0) is 43.2 Å². The average molecular weight is 376 g/mol. The van der Waals surface area contributed by atoms with Crippen molar-refractivity contribution in [3.63, 3.8) is 0 Å². The second-order valence-corrected chi connectivity index (χ2v) is 6.44. The summed E-state index contributed by atoms with van der Waals surface area (Å²) in [6.07, 6.45) is 4.01. The van der Waals surface area contributed by atoms with Crippen molar-refractivity contribution in [2.45, 2.75) is 38.6 Å². The summed E-state index contributed by atoms with van der Waals surface area (Å²) in [6.45, 7) is 2.61. The van der Waals surface area contributed by atoms with Gasteiger partial charge in [-0.25, -0.2) is 0 Å². The van der Waals surface area contributed by atoms with Gasteiger partial charge in [-0.1, -0.05) is 41.1 Å². The van der Waals surface area contributed by atoms with Gasteiger partial charge in [0, 0.05) is 23.0 Å². The standard InChI is InChI=1S/C16H23BrN2O.ClH/c1-2-11(9-13-5-3-4-6-14(13)17)16(20)19-15(10-18)12-7-8-12;/h3-6,11-12,15H,2,7-10,18H2,1H3,(H,19,20);1H. The molecule has 2 atom stereocenters. The van der Waals surface area contributed by atoms with Crippen molar-refractivity contribution in [2.24, 2.45) is 17.6 Å². The molecule has 1 amide bonds. The predicted octanol–water partition coefficient (Wildman–Crippen LogP) is 3.29. The second kappa shape index (κ2) is 8.76. The highest BCUT2D eigenvalue weighted by Gasteiger charge is 2.32. The largest absolute Gasteiger partial charge is 0.352 e. The molecule has 0 bridgehead atoms. The van der Waals surface area contributed by atoms with Crippen molar-refractivity contribution in [3.8, 4) is 0 Å². The molecule has 3 N–H and O–H groups in total. The van der Waals surface area contributed by atoms with E-state index in [-0.39, 0.29) is 30.3 Å². The third-order valence-electron chi connectivity index (χ3n) is 4.06. The van der Waals surface area contributed by atoms with E-state index >= 15 is 0 Å². The molecule has 21 heavy (non-hydrogen) atoms. The molecule has 1 aromatic carbocycles. The number of hydrogen-bond acceptors (Lipinski definition) is 2. The van der Waals surface area contributed by atoms with E-state index in [1.54, 1.807) is 0 Å². The van der Waals surface area contributed by atoms with Crippen molar-refractivity contribution in [3.05, 3.63) is 34.3 Å². The zero-order valence-electron chi connectivity index (χ0n) is 12.3. The predicted molar refractivity (Wildman–Crippen MR) is 92.6 cm³/mol. The highest BCUT2D eigenvalue weighted by Crippen LogP contribution is 2.32. The first-order valence-electron chi connectivity index (χ1n) is 7.39. The van der Waals surface area contributed by atoms with Crippen LogP contribution in [0.25, 0.3) is 0 Å². The van der Waals surface area contributed by atoms with Gasteiger partial charge >= 0.3 is 0 Å². The molecule has 0 aliphatic heterocycles. The summed E-state index contributed by atoms with van der Waals surface area (Å²) in [6, 6.07) is 8.26. The Hall–Kier alpha value is -0.580. The average Bonchev–Trinajstić information content (AvgIpc) is 3.28. The van der Waals surface area contributed by atoms with Crippen LogP contribution < -0.4 is 11.1 Å². The van der Waals surface area contributed by atoms with Crippen molar-refractivity contribution < 1.29 is 4.79 Å². The maximum absolute atomic E-state index is 12.4. The van der Waals surface area contributed by atoms with E-state index in [9.17, 15) is 4.79 Å². The Morgan fingerprint density at radius 3 is 2.62 bits per heavy atom. The Kier molecular flexibility index (Phi) is 7.71. The molecule has 5 heteroatoms. The first kappa shape index (κ1) is 18.5. The number of carbonyl (C=O) groups is 1. The molecule has 1 aromatic rings. The lowest BCUT2D eigenvalue weighted by Gasteiger charge is -2.21. The van der Waals surface area contributed by atoms with E-state index in [0.29, 0.717) is 12.5 Å². The number of nitrogens with two attached hydrogens (primary N) is 1. The van der Waals surface area contributed by atoms with Gasteiger partial charge in [-0.2, -0.15) is 0 Å². The zero-order valence-corrected chi connectivity index (χ0v) is 14.8. The summed E-state index contributed by atoms with van der Waals surface area (Å²) >= 11 is 3.55. The topological polar surface area (TPSA) is 55.1 Å². The number of halogens is 2. The summed E-state index contributed by atoms with van der Waals surface area (Å²) < 4.78 is 1.07. The molecule has 0 saturated heterocycles. The molecule has 2 rings (SSSR count). The van der Waals surface area contributed by atoms with E-state index < -0.39 is 0 Å². The molecule has 2 unspecified atom stereocenters. The van der Waals surface area contributed by atoms with E-state index in [0.717, 1.165) is 17.3 Å². The minimum atomic E-state index is 0. The third kappa shape index (κ3) is 5.28. The number of hydrogen-bond donors (Lipinski definition) is 2. The van der Waals surface area contributed by atoms with Crippen LogP contribution in [-0.4, -0.2) is 18.5 Å². The van der Waals surface area contributed by atoms with Gasteiger partial charge in [-0.15, -0.1) is 12.4 Å². The smallest absolute Gasteiger partial charge is 0.223 e. The number of nitrogens with one attached hydrogen (secondary N) is 1. The SMILES string of the molecule is CCC(Cc1ccccc1Br)C(=O)NC(CN)C1CC1.Cl. The molecule has 1 fully saturated rings. The lowest BCUT2D eigenvalue weighted by Crippen LogP contribution is -2.44. The molecule has 0 spiro atoms. The summed E-state index contributed by atoms with van der Waals surface area (Å²) in [5, 5.41) is 3.14. The number of amides is 1. The molecule has 0 aromatic heterocycles. The van der Waals surface area contributed by atoms with Crippen molar-refractivity contribution in [1.82, 2.24) is 5.32 Å². The minimum absolute atomic E-state index is 0. The van der Waals surface area contributed by atoms with Crippen LogP contribution in [0.5, 0.6) is 0 Å². The van der Waals surface area contributed by atoms with Gasteiger partial charge in [0.15, 0.2) is 0 Å². The normalized spacial score (nSPS) is 16.7. The Bertz CT molecular complexity index is 465. The van der Waals surface area contributed by atoms with E-state index in [1.807, 2.05) is 18.2 Å². The van der Waals surface area contributed by atoms with Gasteiger partial charge in [0.05, 0.1) is 0 Å². The third-order valence-corrected chi connectivity index (χ3v) is 4.83. The highest BCUT2D eigenvalue weighted by molar-refractivity contribution is 9.10. The molecule has 3 nitrogen and oxygen atoms in total. The van der Waals surface area contributed by atoms with Crippen molar-refractivity contribution >= 4 is 34.2 Å². The van der Waals surface area contributed by atoms with E-state index in [4.69, 9.17) is 5.73 Å². The summed E-state index contributed by atoms with van der Waals surface area (Å²) in [4.78, 5) is 12.4. The van der Waals surface area contributed by atoms with E-state index in [1.165, 1.54) is 18.4 Å². The van der Waals surface area contributed by atoms with Crippen LogP contribution in [0, 0.1) is 11.8 Å². The molecule has 0 radical (unpaired) electrons. The molecule has 0 heterocycles. The van der Waals surface area contributed by atoms with Crippen LogP contribution in [0.2, 0.25) is 0 Å². The second-order valence-electron chi connectivity index (χ2n) is 5.59. The van der Waals surface area contributed by atoms with Crippen molar-refractivity contribution in [2.75, 3.05) is 6.54 Å². The molecule has 1 aliphatic rings. The number of carbonyl (C=O) groups excluding carboxylic acids is 1. The van der Waals surface area contributed by atoms with Crippen LogP contribution in [-0.2, 0) is 11.2 Å². The zero-order chi connectivity index (χ0) is 14.5. The number of rotatable bonds is 7. The first-order valence-corrected chi connectivity index (χ1v) is 8.18. The van der Waals surface area contributed by atoms with Gasteiger partial charge in [0.25, 0.3) is 0 Å². The van der Waals surface area contributed by atoms with Crippen LogP contribution in [0.4, 0.5) is 0 Å². The van der Waals surface area contributed by atoms with Crippen molar-refractivity contribution in [1.29, 1.82) is 0 Å². The fourth-order valence-electron chi connectivity index (χ4n) is 2.52. The Morgan fingerprint density at radius 2 is 2.10 bits per heavy atom. The fraction of sp³-hybridized carbons (Fsp3) is 0.562. The highest BCUT2D eigenvalue weighted by atomic mass is 79.9. The van der Waals surface area contributed by atoms with E-state index in [2.05, 4.69) is 34.2 Å². The number of benzene rings is 1. The van der Waals surface area contributed by atoms with Gasteiger partial charge in [0.1, 0.15) is 0 Å². The van der Waals surface area contributed by atoms with Crippen LogP contribution in [0.1, 0.15) is 31.7 Å². The maximum Gasteiger partial charge on any atom is 0.223 e. The monoisotopic (exact) mass is 374 g/mol. The summed E-state index contributed by atoms with van der Waals surface area (Å²) in [7, 11) is 0. The lowest BCUT2D eigenvalue weighted by molar-refractivity contribution is -0.125. The molecule has 1 saturated carbocycles. The summed E-state index contributed by atoms with van der Waals surface area (Å²) in [5.74, 6) is 0.761. The molecular weight excluding hydrogens is 352 g/mol. The Labute approximate surface area is 141 Å². The van der Waals surface area contributed by atoms with Crippen LogP contribution in [0.3, 0.4) is 0 Å². The molecule has 118 valence electrons. The van der Waals surface area contributed by atoms with Crippen LogP contribution >= 0.6 is 28.3 Å². The first-order chi connectivity index (χ1) is 9.65. The maximum atomic E-state index is 12.4. The lowest BCUT2D eigenvalue weighted by atomic mass is 9.95. The molecule has 1 aliphatic carbocycles. The minimum Gasteiger partial charge on any atom is -0.352 e. The fourth-order valence-corrected chi connectivity index (χ4v) is 2.97. The quantitative estimate of drug-likeness (QED) is 0.768. The van der Waals surface area contributed by atoms with Gasteiger partial charge in [-0.3, -0.25) is 4.79 Å².